The van der Waals surface area contributed by atoms with Crippen LogP contribution < -0.4 is 10.2 Å². The highest BCUT2D eigenvalue weighted by molar-refractivity contribution is 5.83. The molecule has 0 unspecified atom stereocenters. The summed E-state index contributed by atoms with van der Waals surface area (Å²) in [5, 5.41) is 10.8. The Morgan fingerprint density at radius 2 is 2.26 bits per heavy atom. The summed E-state index contributed by atoms with van der Waals surface area (Å²) in [6.45, 7) is 2.87. The average Bonchev–Trinajstić information content (AvgIpc) is 3.15. The third kappa shape index (κ3) is 2.23. The molecule has 138 valence electrons. The van der Waals surface area contributed by atoms with Gasteiger partial charge in [0.05, 0.1) is 6.54 Å². The molecule has 1 saturated carbocycles. The SMILES string of the molecule is CC1(c2cc(Nc3nc(N4C[C@@H]5C[C@@H]4C(=O)O5)nc4cccn34)n[nH]2)CC1. The van der Waals surface area contributed by atoms with Crippen molar-refractivity contribution in [3.63, 3.8) is 0 Å². The van der Waals surface area contributed by atoms with Gasteiger partial charge in [-0.15, -0.1) is 0 Å². The Morgan fingerprint density at radius 3 is 3.04 bits per heavy atom. The molecule has 0 amide bonds. The zero-order chi connectivity index (χ0) is 18.2. The quantitative estimate of drug-likeness (QED) is 0.679. The predicted octanol–water partition coefficient (Wildman–Crippen LogP) is 1.75. The number of esters is 1. The van der Waals surface area contributed by atoms with E-state index in [2.05, 4.69) is 27.4 Å². The van der Waals surface area contributed by atoms with Crippen LogP contribution in [-0.2, 0) is 14.9 Å². The number of carbonyl (C=O) groups is 1. The fraction of sp³-hybridized carbons (Fsp3) is 0.444. The number of carbonyl (C=O) groups excluding carboxylic acids is 1. The summed E-state index contributed by atoms with van der Waals surface area (Å²) >= 11 is 0. The molecule has 5 heterocycles. The summed E-state index contributed by atoms with van der Waals surface area (Å²) < 4.78 is 7.16. The first kappa shape index (κ1) is 15.0. The van der Waals surface area contributed by atoms with Gasteiger partial charge in [0.15, 0.2) is 5.82 Å². The van der Waals surface area contributed by atoms with Crippen LogP contribution in [0.4, 0.5) is 17.7 Å². The average molecular weight is 365 g/mol. The molecule has 2 aliphatic heterocycles. The Hall–Kier alpha value is -3.10. The van der Waals surface area contributed by atoms with E-state index in [-0.39, 0.29) is 23.5 Å². The van der Waals surface area contributed by atoms with Crippen LogP contribution in [0.1, 0.15) is 31.9 Å². The van der Waals surface area contributed by atoms with E-state index >= 15 is 0 Å². The Bertz CT molecular complexity index is 1070. The van der Waals surface area contributed by atoms with Crippen LogP contribution >= 0.6 is 0 Å². The maximum Gasteiger partial charge on any atom is 0.329 e. The zero-order valence-corrected chi connectivity index (χ0v) is 14.8. The number of hydrogen-bond donors (Lipinski definition) is 2. The van der Waals surface area contributed by atoms with Crippen LogP contribution in [0, 0.1) is 0 Å². The number of ether oxygens (including phenoxy) is 1. The molecular weight excluding hydrogens is 346 g/mol. The van der Waals surface area contributed by atoms with Gasteiger partial charge in [-0.1, -0.05) is 6.92 Å². The maximum absolute atomic E-state index is 12.0. The van der Waals surface area contributed by atoms with Crippen LogP contribution in [0.5, 0.6) is 0 Å². The minimum Gasteiger partial charge on any atom is -0.459 e. The van der Waals surface area contributed by atoms with Crippen molar-refractivity contribution in [2.24, 2.45) is 0 Å². The van der Waals surface area contributed by atoms with Gasteiger partial charge < -0.3 is 15.0 Å². The molecule has 3 fully saturated rings. The van der Waals surface area contributed by atoms with Crippen LogP contribution in [-0.4, -0.2) is 49.2 Å². The number of aromatic amines is 1. The Kier molecular flexibility index (Phi) is 2.78. The molecule has 6 rings (SSSR count). The molecule has 0 aromatic carbocycles. The molecule has 2 saturated heterocycles. The lowest BCUT2D eigenvalue weighted by Crippen LogP contribution is -2.41. The van der Waals surface area contributed by atoms with Gasteiger partial charge in [0.25, 0.3) is 0 Å². The molecule has 9 nitrogen and oxygen atoms in total. The molecule has 3 aromatic heterocycles. The van der Waals surface area contributed by atoms with E-state index in [1.54, 1.807) is 0 Å². The molecule has 2 bridgehead atoms. The fourth-order valence-electron chi connectivity index (χ4n) is 3.97. The normalized spacial score (nSPS) is 25.2. The number of morpholine rings is 1. The van der Waals surface area contributed by atoms with Crippen molar-refractivity contribution in [2.75, 3.05) is 16.8 Å². The lowest BCUT2D eigenvalue weighted by molar-refractivity contribution is -0.144. The molecule has 0 spiro atoms. The van der Waals surface area contributed by atoms with Gasteiger partial charge in [-0.3, -0.25) is 9.50 Å². The van der Waals surface area contributed by atoms with Crippen molar-refractivity contribution in [3.8, 4) is 0 Å². The Morgan fingerprint density at radius 1 is 1.37 bits per heavy atom. The third-order valence-corrected chi connectivity index (χ3v) is 5.92. The highest BCUT2D eigenvalue weighted by Gasteiger charge is 2.47. The van der Waals surface area contributed by atoms with Crippen molar-refractivity contribution in [1.29, 1.82) is 0 Å². The van der Waals surface area contributed by atoms with E-state index in [9.17, 15) is 4.79 Å². The number of nitrogens with one attached hydrogen (secondary N) is 2. The van der Waals surface area contributed by atoms with E-state index in [1.165, 1.54) is 12.8 Å². The van der Waals surface area contributed by atoms with Gasteiger partial charge in [-0.05, 0) is 25.0 Å². The summed E-state index contributed by atoms with van der Waals surface area (Å²) in [6.07, 6.45) is 4.92. The van der Waals surface area contributed by atoms with E-state index in [0.29, 0.717) is 24.9 Å². The zero-order valence-electron chi connectivity index (χ0n) is 14.8. The first-order chi connectivity index (χ1) is 13.1. The molecule has 3 aromatic rings. The molecule has 1 aliphatic carbocycles. The summed E-state index contributed by atoms with van der Waals surface area (Å²) in [5.74, 6) is 1.70. The highest BCUT2D eigenvalue weighted by atomic mass is 16.6. The fourth-order valence-corrected chi connectivity index (χ4v) is 3.97. The van der Waals surface area contributed by atoms with Crippen LogP contribution in [0.25, 0.3) is 5.65 Å². The molecule has 2 N–H and O–H groups in total. The van der Waals surface area contributed by atoms with Gasteiger partial charge in [0.2, 0.25) is 11.9 Å². The second-order valence-corrected chi connectivity index (χ2v) is 7.90. The number of fused-ring (bicyclic) bond motifs is 3. The summed E-state index contributed by atoms with van der Waals surface area (Å²) in [4.78, 5) is 23.2. The molecule has 3 aliphatic rings. The maximum atomic E-state index is 12.0. The first-order valence-electron chi connectivity index (χ1n) is 9.24. The molecule has 9 heteroatoms. The second-order valence-electron chi connectivity index (χ2n) is 7.90. The molecule has 27 heavy (non-hydrogen) atoms. The van der Waals surface area contributed by atoms with Gasteiger partial charge in [0.1, 0.15) is 17.8 Å². The molecule has 2 atom stereocenters. The molecular formula is C18H19N7O2. The van der Waals surface area contributed by atoms with E-state index in [0.717, 1.165) is 17.2 Å². The van der Waals surface area contributed by atoms with Crippen LogP contribution in [0.2, 0.25) is 0 Å². The van der Waals surface area contributed by atoms with Crippen molar-refractivity contribution in [2.45, 2.75) is 43.7 Å². The monoisotopic (exact) mass is 365 g/mol. The van der Waals surface area contributed by atoms with Crippen LogP contribution in [0.3, 0.4) is 0 Å². The predicted molar refractivity (Wildman–Crippen MR) is 97.1 cm³/mol. The van der Waals surface area contributed by atoms with Crippen molar-refractivity contribution >= 4 is 29.3 Å². The number of aromatic nitrogens is 5. The largest absolute Gasteiger partial charge is 0.459 e. The molecule has 0 radical (unpaired) electrons. The minimum atomic E-state index is -0.285. The second kappa shape index (κ2) is 4.99. The van der Waals surface area contributed by atoms with Crippen molar-refractivity contribution in [1.82, 2.24) is 24.6 Å². The highest BCUT2D eigenvalue weighted by Crippen LogP contribution is 2.47. The number of H-pyrrole nitrogens is 1. The van der Waals surface area contributed by atoms with E-state index in [1.807, 2.05) is 33.7 Å². The van der Waals surface area contributed by atoms with E-state index < -0.39 is 0 Å². The topological polar surface area (TPSA) is 100 Å². The van der Waals surface area contributed by atoms with Gasteiger partial charge in [0, 0.05) is 29.8 Å². The lowest BCUT2D eigenvalue weighted by Gasteiger charge is -2.26. The standard InChI is InChI=1S/C18H19N7O2/c1-18(4-5-18)12-8-13(23-22-12)19-16-21-17(20-14-3-2-6-24(14)16)25-9-10-7-11(25)15(26)27-10/h2-3,6,8,10-11H,4-5,7,9H2,1H3,(H2,19,20,21,22,23)/t10-,11+/m0/s1. The lowest BCUT2D eigenvalue weighted by atomic mass is 10.1. The number of nitrogens with zero attached hydrogens (tertiary/aromatic N) is 5. The third-order valence-electron chi connectivity index (χ3n) is 5.92. The van der Waals surface area contributed by atoms with Crippen molar-refractivity contribution in [3.05, 3.63) is 30.1 Å². The summed E-state index contributed by atoms with van der Waals surface area (Å²) in [5.41, 5.74) is 2.13. The van der Waals surface area contributed by atoms with Crippen molar-refractivity contribution < 1.29 is 9.53 Å². The van der Waals surface area contributed by atoms with Gasteiger partial charge in [-0.2, -0.15) is 15.1 Å². The smallest absolute Gasteiger partial charge is 0.329 e. The Balaban J connectivity index is 1.37. The minimum absolute atomic E-state index is 0.0568. The number of anilines is 3. The summed E-state index contributed by atoms with van der Waals surface area (Å²) in [6, 6.07) is 5.60. The van der Waals surface area contributed by atoms with Crippen LogP contribution in [0.15, 0.2) is 24.4 Å². The number of rotatable bonds is 4. The van der Waals surface area contributed by atoms with Gasteiger partial charge >= 0.3 is 5.97 Å². The Labute approximate surface area is 154 Å². The summed E-state index contributed by atoms with van der Waals surface area (Å²) in [7, 11) is 0. The number of hydrogen-bond acceptors (Lipinski definition) is 7. The first-order valence-corrected chi connectivity index (χ1v) is 9.24. The van der Waals surface area contributed by atoms with Gasteiger partial charge in [-0.25, -0.2) is 4.79 Å². The van der Waals surface area contributed by atoms with E-state index in [4.69, 9.17) is 9.72 Å².